The lowest BCUT2D eigenvalue weighted by molar-refractivity contribution is -0.131. The summed E-state index contributed by atoms with van der Waals surface area (Å²) >= 11 is 0. The van der Waals surface area contributed by atoms with Gasteiger partial charge < -0.3 is 9.47 Å². The summed E-state index contributed by atoms with van der Waals surface area (Å²) in [5.41, 5.74) is 2.77. The Morgan fingerprint density at radius 1 is 1.24 bits per heavy atom. The van der Waals surface area contributed by atoms with Crippen LogP contribution in [0.5, 0.6) is 0 Å². The van der Waals surface area contributed by atoms with Crippen LogP contribution in [0, 0.1) is 0 Å². The van der Waals surface area contributed by atoms with Crippen LogP contribution in [0.1, 0.15) is 41.5 Å². The van der Waals surface area contributed by atoms with Gasteiger partial charge in [-0.3, -0.25) is 25.3 Å². The summed E-state index contributed by atoms with van der Waals surface area (Å²) in [5, 5.41) is 0. The lowest BCUT2D eigenvalue weighted by atomic mass is 10.2. The molecular weight excluding hydrogens is 278 g/mol. The summed E-state index contributed by atoms with van der Waals surface area (Å²) in [6, 6.07) is -0.873. The lowest BCUT2D eigenvalue weighted by Crippen LogP contribution is -2.56. The third-order valence-corrected chi connectivity index (χ3v) is 2.74. The Morgan fingerprint density at radius 2 is 1.81 bits per heavy atom. The zero-order valence-electron chi connectivity index (χ0n) is 13.3. The molecule has 1 atom stereocenters. The van der Waals surface area contributed by atoms with Crippen molar-refractivity contribution in [3.05, 3.63) is 0 Å². The van der Waals surface area contributed by atoms with Crippen LogP contribution in [-0.4, -0.2) is 46.8 Å². The van der Waals surface area contributed by atoms with E-state index in [0.717, 1.165) is 0 Å². The number of carbonyl (C=O) groups is 3. The van der Waals surface area contributed by atoms with Gasteiger partial charge in [-0.1, -0.05) is 0 Å². The first-order chi connectivity index (χ1) is 9.44. The number of hydrogen-bond acceptors (Lipinski definition) is 5. The fourth-order valence-electron chi connectivity index (χ4n) is 1.89. The van der Waals surface area contributed by atoms with Gasteiger partial charge in [0.1, 0.15) is 17.4 Å². The third-order valence-electron chi connectivity index (χ3n) is 2.74. The molecule has 1 aliphatic rings. The van der Waals surface area contributed by atoms with Crippen LogP contribution in [0.25, 0.3) is 0 Å². The molecule has 1 saturated heterocycles. The van der Waals surface area contributed by atoms with Crippen molar-refractivity contribution >= 4 is 17.9 Å². The van der Waals surface area contributed by atoms with Crippen molar-refractivity contribution in [2.45, 2.75) is 58.9 Å². The Morgan fingerprint density at radius 3 is 2.29 bits per heavy atom. The number of ether oxygens (including phenoxy) is 2. The van der Waals surface area contributed by atoms with Crippen LogP contribution in [-0.2, 0) is 19.1 Å². The van der Waals surface area contributed by atoms with E-state index in [1.807, 2.05) is 0 Å². The van der Waals surface area contributed by atoms with E-state index >= 15 is 0 Å². The maximum atomic E-state index is 12.3. The molecule has 21 heavy (non-hydrogen) atoms. The average molecular weight is 301 g/mol. The molecule has 2 N–H and O–H groups in total. The Labute approximate surface area is 124 Å². The van der Waals surface area contributed by atoms with E-state index in [4.69, 9.17) is 9.47 Å². The van der Waals surface area contributed by atoms with Gasteiger partial charge in [-0.05, 0) is 34.6 Å². The van der Waals surface area contributed by atoms with Crippen LogP contribution in [0.15, 0.2) is 0 Å². The number of nitrogens with zero attached hydrogens (tertiary/aromatic N) is 1. The number of amides is 3. The smallest absolute Gasteiger partial charge is 0.413 e. The zero-order chi connectivity index (χ0) is 16.4. The second kappa shape index (κ2) is 5.88. The maximum absolute atomic E-state index is 12.3. The molecule has 0 aromatic heterocycles. The highest BCUT2D eigenvalue weighted by molar-refractivity contribution is 5.88. The van der Waals surface area contributed by atoms with Crippen molar-refractivity contribution in [2.24, 2.45) is 0 Å². The zero-order valence-corrected chi connectivity index (χ0v) is 13.3. The molecule has 0 aromatic rings. The fourth-order valence-corrected chi connectivity index (χ4v) is 1.89. The normalized spacial score (nSPS) is 20.9. The summed E-state index contributed by atoms with van der Waals surface area (Å²) in [4.78, 5) is 36.4. The Balaban J connectivity index is 2.86. The molecule has 1 fully saturated rings. The molecule has 8 nitrogen and oxygen atoms in total. The second-order valence-electron chi connectivity index (χ2n) is 6.29. The molecular formula is C13H23N3O5. The average Bonchev–Trinajstić information content (AvgIpc) is 2.59. The molecule has 0 aliphatic carbocycles. The SMILES string of the molecule is CC(=O)NNC(=O)[C@@H]1COC(C)(C)N1C(=O)OC(C)(C)C. The number of nitrogens with one attached hydrogen (secondary N) is 2. The van der Waals surface area contributed by atoms with E-state index < -0.39 is 35.3 Å². The molecule has 120 valence electrons. The van der Waals surface area contributed by atoms with Crippen molar-refractivity contribution in [3.8, 4) is 0 Å². The van der Waals surface area contributed by atoms with E-state index in [2.05, 4.69) is 10.9 Å². The van der Waals surface area contributed by atoms with E-state index in [-0.39, 0.29) is 6.61 Å². The minimum atomic E-state index is -0.972. The van der Waals surface area contributed by atoms with E-state index in [0.29, 0.717) is 0 Å². The number of rotatable bonds is 1. The van der Waals surface area contributed by atoms with Crippen LogP contribution in [0.4, 0.5) is 4.79 Å². The molecule has 1 heterocycles. The summed E-state index contributed by atoms with van der Waals surface area (Å²) in [7, 11) is 0. The maximum Gasteiger partial charge on any atom is 0.413 e. The summed E-state index contributed by atoms with van der Waals surface area (Å²) in [6.45, 7) is 9.84. The van der Waals surface area contributed by atoms with Crippen LogP contribution >= 0.6 is 0 Å². The number of hydrogen-bond donors (Lipinski definition) is 2. The first-order valence-electron chi connectivity index (χ1n) is 6.67. The first-order valence-corrected chi connectivity index (χ1v) is 6.67. The van der Waals surface area contributed by atoms with Gasteiger partial charge in [-0.2, -0.15) is 0 Å². The van der Waals surface area contributed by atoms with Gasteiger partial charge in [0.05, 0.1) is 6.61 Å². The van der Waals surface area contributed by atoms with Crippen LogP contribution < -0.4 is 10.9 Å². The van der Waals surface area contributed by atoms with Gasteiger partial charge >= 0.3 is 6.09 Å². The molecule has 0 aromatic carbocycles. The van der Waals surface area contributed by atoms with Crippen LogP contribution in [0.2, 0.25) is 0 Å². The summed E-state index contributed by atoms with van der Waals surface area (Å²) in [5.74, 6) is -0.952. The molecule has 0 spiro atoms. The van der Waals surface area contributed by atoms with E-state index in [1.165, 1.54) is 11.8 Å². The lowest BCUT2D eigenvalue weighted by Gasteiger charge is -2.34. The predicted octanol–water partition coefficient (Wildman–Crippen LogP) is 0.526. The molecule has 0 saturated carbocycles. The quantitative estimate of drug-likeness (QED) is 0.688. The van der Waals surface area contributed by atoms with Gasteiger partial charge in [0.25, 0.3) is 5.91 Å². The Bertz CT molecular complexity index is 442. The van der Waals surface area contributed by atoms with Gasteiger partial charge in [0, 0.05) is 6.92 Å². The van der Waals surface area contributed by atoms with Gasteiger partial charge in [-0.25, -0.2) is 4.79 Å². The van der Waals surface area contributed by atoms with Gasteiger partial charge in [0.2, 0.25) is 5.91 Å². The Hall–Kier alpha value is -1.83. The largest absolute Gasteiger partial charge is 0.444 e. The summed E-state index contributed by atoms with van der Waals surface area (Å²) in [6.07, 6.45) is -0.645. The first kappa shape index (κ1) is 17.2. The fraction of sp³-hybridized carbons (Fsp3) is 0.769. The molecule has 1 aliphatic heterocycles. The summed E-state index contributed by atoms with van der Waals surface area (Å²) < 4.78 is 10.8. The van der Waals surface area contributed by atoms with Crippen molar-refractivity contribution in [2.75, 3.05) is 6.61 Å². The van der Waals surface area contributed by atoms with Crippen LogP contribution in [0.3, 0.4) is 0 Å². The van der Waals surface area contributed by atoms with Gasteiger partial charge in [-0.15, -0.1) is 0 Å². The minimum Gasteiger partial charge on any atom is -0.444 e. The standard InChI is InChI=1S/C13H23N3O5/c1-8(17)14-15-10(18)9-7-20-13(5,6)16(9)11(19)21-12(2,3)4/h9H,7H2,1-6H3,(H,14,17)(H,15,18)/t9-/m0/s1. The minimum absolute atomic E-state index is 0.0255. The van der Waals surface area contributed by atoms with Crippen molar-refractivity contribution in [1.82, 2.24) is 15.8 Å². The van der Waals surface area contributed by atoms with Gasteiger partial charge in [0.15, 0.2) is 0 Å². The molecule has 0 radical (unpaired) electrons. The topological polar surface area (TPSA) is 97.0 Å². The van der Waals surface area contributed by atoms with Crippen molar-refractivity contribution in [3.63, 3.8) is 0 Å². The molecule has 8 heteroatoms. The van der Waals surface area contributed by atoms with Crippen molar-refractivity contribution in [1.29, 1.82) is 0 Å². The predicted molar refractivity (Wildman–Crippen MR) is 73.9 cm³/mol. The Kier molecular flexibility index (Phi) is 4.83. The number of carbonyl (C=O) groups excluding carboxylic acids is 3. The highest BCUT2D eigenvalue weighted by Gasteiger charge is 2.48. The third kappa shape index (κ3) is 4.59. The van der Waals surface area contributed by atoms with Crippen molar-refractivity contribution < 1.29 is 23.9 Å². The van der Waals surface area contributed by atoms with E-state index in [1.54, 1.807) is 34.6 Å². The highest BCUT2D eigenvalue weighted by atomic mass is 16.6. The second-order valence-corrected chi connectivity index (χ2v) is 6.29. The molecule has 0 unspecified atom stereocenters. The van der Waals surface area contributed by atoms with E-state index in [9.17, 15) is 14.4 Å². The molecule has 0 bridgehead atoms. The monoisotopic (exact) mass is 301 g/mol. The number of hydrazine groups is 1. The highest BCUT2D eigenvalue weighted by Crippen LogP contribution is 2.29. The molecule has 3 amide bonds. The molecule has 1 rings (SSSR count).